The molecule has 0 spiro atoms. The number of ether oxygens (including phenoxy) is 1. The zero-order chi connectivity index (χ0) is 18.6. The van der Waals surface area contributed by atoms with Crippen molar-refractivity contribution in [2.24, 2.45) is 0 Å². The van der Waals surface area contributed by atoms with Crippen molar-refractivity contribution in [1.82, 2.24) is 5.16 Å². The standard InChI is InChI=1S/C23H19NO3/c1-16-10-12-17(13-11-16)23-21(15-25)22(24-27-23)18-6-5-9-20(14-18)26-19-7-3-2-4-8-19/h2-14,25H,15H2,1H3. The number of aromatic nitrogens is 1. The molecule has 1 heterocycles. The Balaban J connectivity index is 1.69. The summed E-state index contributed by atoms with van der Waals surface area (Å²) in [5.74, 6) is 2.04. The molecule has 0 aliphatic rings. The molecule has 0 fully saturated rings. The lowest BCUT2D eigenvalue weighted by molar-refractivity contribution is 0.281. The number of hydrogen-bond acceptors (Lipinski definition) is 4. The van der Waals surface area contributed by atoms with Gasteiger partial charge in [0.15, 0.2) is 5.76 Å². The second kappa shape index (κ2) is 7.48. The Kier molecular flexibility index (Phi) is 4.73. The molecule has 3 aromatic carbocycles. The van der Waals surface area contributed by atoms with Gasteiger partial charge in [0.2, 0.25) is 0 Å². The molecular formula is C23H19NO3. The molecule has 4 nitrogen and oxygen atoms in total. The minimum Gasteiger partial charge on any atom is -0.457 e. The number of para-hydroxylation sites is 1. The van der Waals surface area contributed by atoms with Crippen molar-refractivity contribution in [2.75, 3.05) is 0 Å². The largest absolute Gasteiger partial charge is 0.457 e. The van der Waals surface area contributed by atoms with E-state index in [4.69, 9.17) is 9.26 Å². The van der Waals surface area contributed by atoms with Gasteiger partial charge in [0.25, 0.3) is 0 Å². The van der Waals surface area contributed by atoms with Gasteiger partial charge in [-0.05, 0) is 31.2 Å². The summed E-state index contributed by atoms with van der Waals surface area (Å²) in [6.07, 6.45) is 0. The van der Waals surface area contributed by atoms with Crippen LogP contribution in [0.2, 0.25) is 0 Å². The molecule has 0 bridgehead atoms. The van der Waals surface area contributed by atoms with Gasteiger partial charge in [-0.1, -0.05) is 65.3 Å². The van der Waals surface area contributed by atoms with E-state index in [1.807, 2.05) is 85.8 Å². The summed E-state index contributed by atoms with van der Waals surface area (Å²) in [5.41, 5.74) is 4.16. The van der Waals surface area contributed by atoms with Crippen molar-refractivity contribution in [3.8, 4) is 34.1 Å². The lowest BCUT2D eigenvalue weighted by atomic mass is 10.0. The zero-order valence-corrected chi connectivity index (χ0v) is 14.9. The maximum Gasteiger partial charge on any atom is 0.173 e. The van der Waals surface area contributed by atoms with Crippen LogP contribution >= 0.6 is 0 Å². The number of nitrogens with zero attached hydrogens (tertiary/aromatic N) is 1. The van der Waals surface area contributed by atoms with Gasteiger partial charge < -0.3 is 14.4 Å². The summed E-state index contributed by atoms with van der Waals surface area (Å²) in [6, 6.07) is 25.1. The quantitative estimate of drug-likeness (QED) is 0.505. The smallest absolute Gasteiger partial charge is 0.173 e. The monoisotopic (exact) mass is 357 g/mol. The lowest BCUT2D eigenvalue weighted by Crippen LogP contribution is -1.90. The van der Waals surface area contributed by atoms with Crippen LogP contribution in [0.1, 0.15) is 11.1 Å². The topological polar surface area (TPSA) is 55.5 Å². The first-order valence-electron chi connectivity index (χ1n) is 8.74. The van der Waals surface area contributed by atoms with Crippen molar-refractivity contribution < 1.29 is 14.4 Å². The molecule has 0 saturated heterocycles. The Morgan fingerprint density at radius 3 is 2.33 bits per heavy atom. The number of aryl methyl sites for hydroxylation is 1. The summed E-state index contributed by atoms with van der Waals surface area (Å²) in [6.45, 7) is 1.87. The summed E-state index contributed by atoms with van der Waals surface area (Å²) in [4.78, 5) is 0. The highest BCUT2D eigenvalue weighted by Gasteiger charge is 2.18. The summed E-state index contributed by atoms with van der Waals surface area (Å²) in [5, 5.41) is 14.2. The Morgan fingerprint density at radius 1 is 0.852 bits per heavy atom. The molecule has 0 saturated carbocycles. The van der Waals surface area contributed by atoms with Gasteiger partial charge in [-0.25, -0.2) is 0 Å². The van der Waals surface area contributed by atoms with Gasteiger partial charge >= 0.3 is 0 Å². The molecule has 0 aliphatic carbocycles. The maximum absolute atomic E-state index is 9.94. The molecule has 0 atom stereocenters. The van der Waals surface area contributed by atoms with Gasteiger partial charge in [0.05, 0.1) is 12.2 Å². The summed E-state index contributed by atoms with van der Waals surface area (Å²) >= 11 is 0. The molecule has 134 valence electrons. The van der Waals surface area contributed by atoms with Gasteiger partial charge in [-0.2, -0.15) is 0 Å². The second-order valence-corrected chi connectivity index (χ2v) is 6.31. The molecule has 0 amide bonds. The number of aliphatic hydroxyl groups is 1. The van der Waals surface area contributed by atoms with Crippen LogP contribution in [0.15, 0.2) is 83.4 Å². The first kappa shape index (κ1) is 17.1. The maximum atomic E-state index is 9.94. The average molecular weight is 357 g/mol. The van der Waals surface area contributed by atoms with Crippen LogP contribution in [0.5, 0.6) is 11.5 Å². The molecule has 1 aromatic heterocycles. The molecule has 4 heteroatoms. The van der Waals surface area contributed by atoms with E-state index in [2.05, 4.69) is 5.16 Å². The van der Waals surface area contributed by atoms with Gasteiger partial charge in [-0.3, -0.25) is 0 Å². The van der Waals surface area contributed by atoms with Crippen molar-refractivity contribution in [3.05, 3.63) is 90.0 Å². The molecule has 0 aliphatic heterocycles. The predicted molar refractivity (Wildman–Crippen MR) is 105 cm³/mol. The van der Waals surface area contributed by atoms with Crippen LogP contribution < -0.4 is 4.74 Å². The van der Waals surface area contributed by atoms with Crippen LogP contribution in [-0.4, -0.2) is 10.3 Å². The normalized spacial score (nSPS) is 10.7. The van der Waals surface area contributed by atoms with Crippen LogP contribution in [0.3, 0.4) is 0 Å². The molecule has 4 rings (SSSR count). The fourth-order valence-electron chi connectivity index (χ4n) is 2.95. The van der Waals surface area contributed by atoms with E-state index in [9.17, 15) is 5.11 Å². The highest BCUT2D eigenvalue weighted by atomic mass is 16.5. The third-order valence-electron chi connectivity index (χ3n) is 4.35. The van der Waals surface area contributed by atoms with Crippen LogP contribution in [0.25, 0.3) is 22.6 Å². The lowest BCUT2D eigenvalue weighted by Gasteiger charge is -2.07. The van der Waals surface area contributed by atoms with E-state index in [1.54, 1.807) is 0 Å². The van der Waals surface area contributed by atoms with E-state index in [0.29, 0.717) is 22.8 Å². The van der Waals surface area contributed by atoms with Gasteiger partial charge in [0, 0.05) is 11.1 Å². The molecular weight excluding hydrogens is 338 g/mol. The Labute approximate surface area is 157 Å². The fraction of sp³-hybridized carbons (Fsp3) is 0.0870. The van der Waals surface area contributed by atoms with E-state index in [-0.39, 0.29) is 6.61 Å². The first-order chi connectivity index (χ1) is 13.2. The number of aliphatic hydroxyl groups excluding tert-OH is 1. The van der Waals surface area contributed by atoms with E-state index >= 15 is 0 Å². The van der Waals surface area contributed by atoms with Crippen molar-refractivity contribution in [2.45, 2.75) is 13.5 Å². The second-order valence-electron chi connectivity index (χ2n) is 6.31. The number of benzene rings is 3. The van der Waals surface area contributed by atoms with Crippen LogP contribution in [0.4, 0.5) is 0 Å². The molecule has 27 heavy (non-hydrogen) atoms. The third kappa shape index (κ3) is 3.61. The van der Waals surface area contributed by atoms with Gasteiger partial charge in [-0.15, -0.1) is 0 Å². The molecule has 1 N–H and O–H groups in total. The zero-order valence-electron chi connectivity index (χ0n) is 14.9. The SMILES string of the molecule is Cc1ccc(-c2onc(-c3cccc(Oc4ccccc4)c3)c2CO)cc1. The Hall–Kier alpha value is -3.37. The average Bonchev–Trinajstić information content (AvgIpc) is 3.14. The van der Waals surface area contributed by atoms with Crippen LogP contribution in [-0.2, 0) is 6.61 Å². The molecule has 0 unspecified atom stereocenters. The summed E-state index contributed by atoms with van der Waals surface area (Å²) < 4.78 is 11.5. The number of hydrogen-bond donors (Lipinski definition) is 1. The minimum absolute atomic E-state index is 0.161. The first-order valence-corrected chi connectivity index (χ1v) is 8.74. The van der Waals surface area contributed by atoms with Gasteiger partial charge in [0.1, 0.15) is 17.2 Å². The Morgan fingerprint density at radius 2 is 1.59 bits per heavy atom. The van der Waals surface area contributed by atoms with E-state index in [1.165, 1.54) is 0 Å². The highest BCUT2D eigenvalue weighted by molar-refractivity contribution is 5.73. The third-order valence-corrected chi connectivity index (χ3v) is 4.35. The van der Waals surface area contributed by atoms with E-state index < -0.39 is 0 Å². The Bertz CT molecular complexity index is 1040. The minimum atomic E-state index is -0.161. The fourth-order valence-corrected chi connectivity index (χ4v) is 2.95. The summed E-state index contributed by atoms with van der Waals surface area (Å²) in [7, 11) is 0. The van der Waals surface area contributed by atoms with Crippen LogP contribution in [0, 0.1) is 6.92 Å². The van der Waals surface area contributed by atoms with E-state index in [0.717, 1.165) is 22.4 Å². The molecule has 0 radical (unpaired) electrons. The van der Waals surface area contributed by atoms with Crippen molar-refractivity contribution in [1.29, 1.82) is 0 Å². The van der Waals surface area contributed by atoms with Crippen molar-refractivity contribution >= 4 is 0 Å². The highest BCUT2D eigenvalue weighted by Crippen LogP contribution is 2.34. The van der Waals surface area contributed by atoms with Crippen molar-refractivity contribution in [3.63, 3.8) is 0 Å². The number of rotatable bonds is 5. The molecule has 4 aromatic rings. The predicted octanol–water partition coefficient (Wildman–Crippen LogP) is 5.60.